The minimum atomic E-state index is 0.174. The van der Waals surface area contributed by atoms with Gasteiger partial charge in [-0.25, -0.2) is 0 Å². The van der Waals surface area contributed by atoms with Crippen LogP contribution in [0.1, 0.15) is 34.6 Å². The molecule has 0 spiro atoms. The summed E-state index contributed by atoms with van der Waals surface area (Å²) in [4.78, 5) is 0. The lowest BCUT2D eigenvalue weighted by Crippen LogP contribution is -2.42. The third-order valence-electron chi connectivity index (χ3n) is 2.47. The quantitative estimate of drug-likeness (QED) is 0.708. The Morgan fingerprint density at radius 1 is 1.27 bits per heavy atom. The fourth-order valence-electron chi connectivity index (χ4n) is 1.40. The second-order valence-electron chi connectivity index (χ2n) is 5.06. The van der Waals surface area contributed by atoms with Gasteiger partial charge in [-0.1, -0.05) is 20.8 Å². The van der Waals surface area contributed by atoms with E-state index in [1.54, 1.807) is 7.11 Å². The van der Waals surface area contributed by atoms with E-state index in [4.69, 9.17) is 9.47 Å². The lowest BCUT2D eigenvalue weighted by Gasteiger charge is -2.30. The van der Waals surface area contributed by atoms with Gasteiger partial charge in [0.05, 0.1) is 12.7 Å². The number of hydrogen-bond donors (Lipinski definition) is 1. The van der Waals surface area contributed by atoms with E-state index < -0.39 is 0 Å². The Balaban J connectivity index is 3.80. The van der Waals surface area contributed by atoms with Crippen LogP contribution in [0.2, 0.25) is 0 Å². The maximum atomic E-state index is 5.47. The molecule has 92 valence electrons. The third-order valence-corrected chi connectivity index (χ3v) is 2.47. The fraction of sp³-hybridized carbons (Fsp3) is 1.00. The summed E-state index contributed by atoms with van der Waals surface area (Å²) in [7, 11) is 1.77. The van der Waals surface area contributed by atoms with Crippen molar-refractivity contribution in [1.82, 2.24) is 5.32 Å². The molecule has 0 saturated carbocycles. The highest BCUT2D eigenvalue weighted by molar-refractivity contribution is 4.77. The average Bonchev–Trinajstić information content (AvgIpc) is 2.13. The SMILES string of the molecule is CCOCC(C)NCC(OC)C(C)(C)C. The van der Waals surface area contributed by atoms with Crippen molar-refractivity contribution < 1.29 is 9.47 Å². The molecule has 2 unspecified atom stereocenters. The summed E-state index contributed by atoms with van der Waals surface area (Å²) in [5.41, 5.74) is 0.174. The molecular formula is C12H27NO2. The second-order valence-corrected chi connectivity index (χ2v) is 5.06. The van der Waals surface area contributed by atoms with Gasteiger partial charge < -0.3 is 14.8 Å². The average molecular weight is 217 g/mol. The van der Waals surface area contributed by atoms with Gasteiger partial charge in [0.1, 0.15) is 0 Å². The third kappa shape index (κ3) is 6.88. The van der Waals surface area contributed by atoms with Crippen LogP contribution in [-0.2, 0) is 9.47 Å². The molecule has 2 atom stereocenters. The lowest BCUT2D eigenvalue weighted by molar-refractivity contribution is 0.0132. The summed E-state index contributed by atoms with van der Waals surface area (Å²) in [6.07, 6.45) is 0.238. The van der Waals surface area contributed by atoms with E-state index in [1.807, 2.05) is 6.92 Å². The zero-order valence-electron chi connectivity index (χ0n) is 11.1. The van der Waals surface area contributed by atoms with Crippen LogP contribution in [0.3, 0.4) is 0 Å². The van der Waals surface area contributed by atoms with Crippen molar-refractivity contribution in [3.8, 4) is 0 Å². The monoisotopic (exact) mass is 217 g/mol. The fourth-order valence-corrected chi connectivity index (χ4v) is 1.40. The van der Waals surface area contributed by atoms with E-state index >= 15 is 0 Å². The largest absolute Gasteiger partial charge is 0.380 e. The molecular weight excluding hydrogens is 190 g/mol. The molecule has 0 saturated heterocycles. The summed E-state index contributed by atoms with van der Waals surface area (Å²) in [6, 6.07) is 0.380. The van der Waals surface area contributed by atoms with Gasteiger partial charge in [-0.3, -0.25) is 0 Å². The van der Waals surface area contributed by atoms with Crippen molar-refractivity contribution in [1.29, 1.82) is 0 Å². The number of ether oxygens (including phenoxy) is 2. The molecule has 3 heteroatoms. The van der Waals surface area contributed by atoms with Crippen molar-refractivity contribution in [3.05, 3.63) is 0 Å². The van der Waals surface area contributed by atoms with Crippen LogP contribution < -0.4 is 5.32 Å². The summed E-state index contributed by atoms with van der Waals surface area (Å²) in [5.74, 6) is 0. The standard InChI is InChI=1S/C12H27NO2/c1-7-15-9-10(2)13-8-11(14-6)12(3,4)5/h10-11,13H,7-9H2,1-6H3. The van der Waals surface area contributed by atoms with Crippen molar-refractivity contribution in [3.63, 3.8) is 0 Å². The molecule has 0 aromatic carbocycles. The highest BCUT2D eigenvalue weighted by Gasteiger charge is 2.24. The number of rotatable bonds is 7. The number of hydrogen-bond acceptors (Lipinski definition) is 3. The van der Waals surface area contributed by atoms with Gasteiger partial charge in [0.15, 0.2) is 0 Å². The highest BCUT2D eigenvalue weighted by atomic mass is 16.5. The molecule has 0 bridgehead atoms. The van der Waals surface area contributed by atoms with Crippen LogP contribution >= 0.6 is 0 Å². The Bertz CT molecular complexity index is 154. The van der Waals surface area contributed by atoms with Gasteiger partial charge in [0, 0.05) is 26.3 Å². The van der Waals surface area contributed by atoms with Crippen LogP contribution in [0, 0.1) is 5.41 Å². The summed E-state index contributed by atoms with van der Waals surface area (Å²) < 4.78 is 10.8. The van der Waals surface area contributed by atoms with Crippen molar-refractivity contribution in [2.24, 2.45) is 5.41 Å². The molecule has 1 N–H and O–H groups in total. The van der Waals surface area contributed by atoms with Gasteiger partial charge >= 0.3 is 0 Å². The van der Waals surface area contributed by atoms with Gasteiger partial charge in [0.25, 0.3) is 0 Å². The molecule has 0 aliphatic rings. The first-order chi connectivity index (χ1) is 6.91. The molecule has 0 aliphatic carbocycles. The predicted octanol–water partition coefficient (Wildman–Crippen LogP) is 2.06. The smallest absolute Gasteiger partial charge is 0.0743 e. The summed E-state index contributed by atoms with van der Waals surface area (Å²) in [5, 5.41) is 3.42. The van der Waals surface area contributed by atoms with Crippen molar-refractivity contribution >= 4 is 0 Å². The number of nitrogens with one attached hydrogen (secondary N) is 1. The predicted molar refractivity (Wildman–Crippen MR) is 64.2 cm³/mol. The summed E-state index contributed by atoms with van der Waals surface area (Å²) in [6.45, 7) is 13.1. The maximum Gasteiger partial charge on any atom is 0.0743 e. The number of methoxy groups -OCH3 is 1. The Morgan fingerprint density at radius 3 is 2.27 bits per heavy atom. The van der Waals surface area contributed by atoms with Crippen LogP contribution in [-0.4, -0.2) is 39.0 Å². The van der Waals surface area contributed by atoms with Crippen LogP contribution in [0.15, 0.2) is 0 Å². The van der Waals surface area contributed by atoms with E-state index in [1.165, 1.54) is 0 Å². The molecule has 0 radical (unpaired) electrons. The maximum absolute atomic E-state index is 5.47. The molecule has 0 rings (SSSR count). The molecule has 0 aliphatic heterocycles. The molecule has 15 heavy (non-hydrogen) atoms. The Labute approximate surface area is 94.5 Å². The van der Waals surface area contributed by atoms with Gasteiger partial charge in [-0.15, -0.1) is 0 Å². The molecule has 3 nitrogen and oxygen atoms in total. The molecule has 0 fully saturated rings. The van der Waals surface area contributed by atoms with Crippen molar-refractivity contribution in [2.75, 3.05) is 26.9 Å². The molecule has 0 heterocycles. The molecule has 0 aromatic heterocycles. The Morgan fingerprint density at radius 2 is 1.87 bits per heavy atom. The minimum Gasteiger partial charge on any atom is -0.380 e. The first kappa shape index (κ1) is 14.9. The van der Waals surface area contributed by atoms with E-state index in [0.29, 0.717) is 6.04 Å². The van der Waals surface area contributed by atoms with Crippen LogP contribution in [0.25, 0.3) is 0 Å². The molecule has 0 aromatic rings. The minimum absolute atomic E-state index is 0.174. The Hall–Kier alpha value is -0.120. The van der Waals surface area contributed by atoms with Crippen LogP contribution in [0.5, 0.6) is 0 Å². The van der Waals surface area contributed by atoms with E-state index in [-0.39, 0.29) is 11.5 Å². The first-order valence-electron chi connectivity index (χ1n) is 5.75. The lowest BCUT2D eigenvalue weighted by atomic mass is 9.89. The van der Waals surface area contributed by atoms with Gasteiger partial charge in [0.2, 0.25) is 0 Å². The van der Waals surface area contributed by atoms with E-state index in [2.05, 4.69) is 33.0 Å². The first-order valence-corrected chi connectivity index (χ1v) is 5.75. The van der Waals surface area contributed by atoms with Crippen molar-refractivity contribution in [2.45, 2.75) is 46.8 Å². The summed E-state index contributed by atoms with van der Waals surface area (Å²) >= 11 is 0. The van der Waals surface area contributed by atoms with Gasteiger partial charge in [-0.05, 0) is 19.3 Å². The molecule has 0 amide bonds. The van der Waals surface area contributed by atoms with Gasteiger partial charge in [-0.2, -0.15) is 0 Å². The van der Waals surface area contributed by atoms with E-state index in [9.17, 15) is 0 Å². The zero-order chi connectivity index (χ0) is 11.9. The topological polar surface area (TPSA) is 30.5 Å². The van der Waals surface area contributed by atoms with E-state index in [0.717, 1.165) is 19.8 Å². The Kier molecular flexibility index (Phi) is 7.14. The van der Waals surface area contributed by atoms with Crippen LogP contribution in [0.4, 0.5) is 0 Å². The second kappa shape index (κ2) is 7.20. The highest BCUT2D eigenvalue weighted by Crippen LogP contribution is 2.20. The zero-order valence-corrected chi connectivity index (χ0v) is 11.1. The normalized spacial score (nSPS) is 16.4.